The zero-order valence-electron chi connectivity index (χ0n) is 18.5. The van der Waals surface area contributed by atoms with Crippen molar-refractivity contribution in [2.45, 2.75) is 13.8 Å². The number of hydrogen-bond donors (Lipinski definition) is 0. The molecule has 0 saturated heterocycles. The minimum Gasteiger partial charge on any atom is -0.214 e. The molecule has 0 saturated carbocycles. The summed E-state index contributed by atoms with van der Waals surface area (Å²) in [5.74, 6) is -1.27. The van der Waals surface area contributed by atoms with Crippen LogP contribution < -0.4 is 0 Å². The van der Waals surface area contributed by atoms with E-state index >= 15 is 4.39 Å². The minimum absolute atomic E-state index is 0.283. The third-order valence-corrected chi connectivity index (χ3v) is 5.99. The van der Waals surface area contributed by atoms with E-state index in [0.717, 1.165) is 17.4 Å². The summed E-state index contributed by atoms with van der Waals surface area (Å²) < 4.78 is 32.5. The van der Waals surface area contributed by atoms with Gasteiger partial charge in [-0.15, -0.1) is 0 Å². The number of pyridine rings is 1. The maximum Gasteiger partial charge on any atom is 0.166 e. The number of benzene rings is 3. The highest BCUT2D eigenvalue weighted by Crippen LogP contribution is 2.40. The second kappa shape index (κ2) is 7.59. The number of hydrogen-bond acceptors (Lipinski definition) is 3. The zero-order chi connectivity index (χ0) is 23.4. The van der Waals surface area contributed by atoms with Gasteiger partial charge in [-0.25, -0.2) is 23.1 Å². The summed E-state index contributed by atoms with van der Waals surface area (Å²) in [7, 11) is 0. The first-order valence-corrected chi connectivity index (χ1v) is 10.9. The first kappa shape index (κ1) is 20.2. The lowest BCUT2D eigenvalue weighted by Crippen LogP contribution is -2.01. The molecule has 0 aliphatic heterocycles. The van der Waals surface area contributed by atoms with Crippen LogP contribution in [-0.4, -0.2) is 24.5 Å². The fourth-order valence-electron chi connectivity index (χ4n) is 4.51. The van der Waals surface area contributed by atoms with Crippen LogP contribution in [0.3, 0.4) is 0 Å². The number of nitrogens with zero attached hydrogens (tertiary/aromatic N) is 5. The normalized spacial score (nSPS) is 11.5. The van der Waals surface area contributed by atoms with E-state index in [-0.39, 0.29) is 5.56 Å². The molecule has 3 aromatic carbocycles. The first-order chi connectivity index (χ1) is 16.5. The van der Waals surface area contributed by atoms with E-state index in [2.05, 4.69) is 0 Å². The van der Waals surface area contributed by atoms with Gasteiger partial charge in [-0.05, 0) is 50.2 Å². The second-order valence-corrected chi connectivity index (χ2v) is 8.17. The predicted molar refractivity (Wildman–Crippen MR) is 128 cm³/mol. The number of rotatable bonds is 3. The largest absolute Gasteiger partial charge is 0.214 e. The van der Waals surface area contributed by atoms with E-state index in [0.29, 0.717) is 39.0 Å². The quantitative estimate of drug-likeness (QED) is 0.316. The van der Waals surface area contributed by atoms with Crippen LogP contribution >= 0.6 is 0 Å². The lowest BCUT2D eigenvalue weighted by atomic mass is 9.97. The molecule has 166 valence electrons. The SMILES string of the molecule is Cc1nn(-c2ccccc2)c2nc3c(c(C)nn3-c3ccccc3)c(-c3ccc(F)cc3F)c12. The molecule has 0 unspecified atom stereocenters. The highest BCUT2D eigenvalue weighted by atomic mass is 19.1. The molecule has 0 N–H and O–H groups in total. The summed E-state index contributed by atoms with van der Waals surface area (Å²) in [5, 5.41) is 10.9. The Balaban J connectivity index is 1.81. The fraction of sp³-hybridized carbons (Fsp3) is 0.0741. The van der Waals surface area contributed by atoms with Crippen LogP contribution in [0.25, 0.3) is 44.6 Å². The van der Waals surface area contributed by atoms with Crippen LogP contribution in [0.4, 0.5) is 8.78 Å². The average molecular weight is 451 g/mol. The smallest absolute Gasteiger partial charge is 0.166 e. The van der Waals surface area contributed by atoms with Gasteiger partial charge in [-0.3, -0.25) is 0 Å². The van der Waals surface area contributed by atoms with E-state index < -0.39 is 11.6 Å². The van der Waals surface area contributed by atoms with Gasteiger partial charge in [0.2, 0.25) is 0 Å². The molecular weight excluding hydrogens is 432 g/mol. The molecule has 0 radical (unpaired) electrons. The van der Waals surface area contributed by atoms with E-state index in [4.69, 9.17) is 15.2 Å². The average Bonchev–Trinajstić information content (AvgIpc) is 3.36. The number of para-hydroxylation sites is 2. The molecule has 3 aromatic heterocycles. The lowest BCUT2D eigenvalue weighted by Gasteiger charge is -2.10. The third-order valence-electron chi connectivity index (χ3n) is 5.99. The molecule has 0 atom stereocenters. The molecule has 0 aliphatic carbocycles. The Morgan fingerprint density at radius 1 is 0.647 bits per heavy atom. The first-order valence-electron chi connectivity index (χ1n) is 10.9. The molecule has 0 spiro atoms. The molecule has 0 aliphatic rings. The molecular formula is C27H19F2N5. The van der Waals surface area contributed by atoms with Gasteiger partial charge in [-0.2, -0.15) is 10.2 Å². The van der Waals surface area contributed by atoms with Crippen molar-refractivity contribution in [3.63, 3.8) is 0 Å². The van der Waals surface area contributed by atoms with Crippen LogP contribution in [0, 0.1) is 25.5 Å². The van der Waals surface area contributed by atoms with E-state index in [1.807, 2.05) is 74.5 Å². The van der Waals surface area contributed by atoms with Gasteiger partial charge >= 0.3 is 0 Å². The molecule has 34 heavy (non-hydrogen) atoms. The van der Waals surface area contributed by atoms with Crippen molar-refractivity contribution < 1.29 is 8.78 Å². The molecule has 0 bridgehead atoms. The Morgan fingerprint density at radius 2 is 1.15 bits per heavy atom. The summed E-state index contributed by atoms with van der Waals surface area (Å²) in [6.45, 7) is 3.74. The second-order valence-electron chi connectivity index (χ2n) is 8.17. The molecule has 7 heteroatoms. The van der Waals surface area contributed by atoms with E-state index in [1.54, 1.807) is 9.36 Å². The Bertz CT molecular complexity index is 1590. The lowest BCUT2D eigenvalue weighted by molar-refractivity contribution is 0.586. The monoisotopic (exact) mass is 451 g/mol. The molecule has 6 rings (SSSR count). The Morgan fingerprint density at radius 3 is 1.62 bits per heavy atom. The number of aryl methyl sites for hydroxylation is 2. The van der Waals surface area contributed by atoms with Crippen LogP contribution in [0.15, 0.2) is 78.9 Å². The number of fused-ring (bicyclic) bond motifs is 2. The van der Waals surface area contributed by atoms with E-state index in [1.165, 1.54) is 12.1 Å². The summed E-state index contributed by atoms with van der Waals surface area (Å²) in [4.78, 5) is 5.01. The topological polar surface area (TPSA) is 48.5 Å². The molecule has 0 amide bonds. The van der Waals surface area contributed by atoms with Gasteiger partial charge in [0, 0.05) is 17.2 Å². The minimum atomic E-state index is -0.646. The fourth-order valence-corrected chi connectivity index (χ4v) is 4.51. The van der Waals surface area contributed by atoms with Gasteiger partial charge in [-0.1, -0.05) is 36.4 Å². The maximum absolute atomic E-state index is 15.2. The van der Waals surface area contributed by atoms with Crippen molar-refractivity contribution >= 4 is 22.1 Å². The zero-order valence-corrected chi connectivity index (χ0v) is 18.5. The van der Waals surface area contributed by atoms with Gasteiger partial charge < -0.3 is 0 Å². The van der Waals surface area contributed by atoms with Gasteiger partial charge in [0.25, 0.3) is 0 Å². The van der Waals surface area contributed by atoms with Crippen LogP contribution in [-0.2, 0) is 0 Å². The van der Waals surface area contributed by atoms with Gasteiger partial charge in [0.15, 0.2) is 11.3 Å². The Labute approximate surface area is 193 Å². The highest BCUT2D eigenvalue weighted by molar-refractivity contribution is 6.10. The third kappa shape index (κ3) is 3.01. The van der Waals surface area contributed by atoms with Crippen LogP contribution in [0.1, 0.15) is 11.4 Å². The number of halogens is 2. The van der Waals surface area contributed by atoms with Crippen molar-refractivity contribution in [1.29, 1.82) is 0 Å². The van der Waals surface area contributed by atoms with Crippen molar-refractivity contribution in [3.05, 3.63) is 102 Å². The molecule has 3 heterocycles. The summed E-state index contributed by atoms with van der Waals surface area (Å²) >= 11 is 0. The van der Waals surface area contributed by atoms with Crippen LogP contribution in [0.5, 0.6) is 0 Å². The number of aromatic nitrogens is 5. The molecule has 5 nitrogen and oxygen atoms in total. The van der Waals surface area contributed by atoms with E-state index in [9.17, 15) is 4.39 Å². The standard InChI is InChI=1S/C27H19F2N5/c1-16-23-25(21-14-13-18(28)15-22(21)29)24-17(2)32-34(20-11-7-4-8-12-20)27(24)30-26(23)33(31-16)19-9-5-3-6-10-19/h3-15H,1-2H3. The molecule has 6 aromatic rings. The Hall–Kier alpha value is -4.39. The molecule has 0 fully saturated rings. The highest BCUT2D eigenvalue weighted by Gasteiger charge is 2.25. The van der Waals surface area contributed by atoms with Gasteiger partial charge in [0.1, 0.15) is 11.6 Å². The van der Waals surface area contributed by atoms with Crippen molar-refractivity contribution in [1.82, 2.24) is 24.5 Å². The van der Waals surface area contributed by atoms with Crippen molar-refractivity contribution in [3.8, 4) is 22.5 Å². The van der Waals surface area contributed by atoms with Crippen molar-refractivity contribution in [2.24, 2.45) is 0 Å². The predicted octanol–water partition coefficient (Wildman–Crippen LogP) is 6.32. The van der Waals surface area contributed by atoms with Gasteiger partial charge in [0.05, 0.1) is 33.5 Å². The summed E-state index contributed by atoms with van der Waals surface area (Å²) in [6, 6.07) is 23.0. The maximum atomic E-state index is 15.2. The Kier molecular flexibility index (Phi) is 4.52. The van der Waals surface area contributed by atoms with Crippen LogP contribution in [0.2, 0.25) is 0 Å². The summed E-state index contributed by atoms with van der Waals surface area (Å²) in [5.41, 5.74) is 5.10. The van der Waals surface area contributed by atoms with Crippen molar-refractivity contribution in [2.75, 3.05) is 0 Å². The summed E-state index contributed by atoms with van der Waals surface area (Å²) in [6.07, 6.45) is 0.